The number of hydrogen-bond acceptors (Lipinski definition) is 5. The second-order valence-corrected chi connectivity index (χ2v) is 6.61. The van der Waals surface area contributed by atoms with Crippen molar-refractivity contribution in [2.24, 2.45) is 0 Å². The fourth-order valence-electron chi connectivity index (χ4n) is 3.29. The van der Waals surface area contributed by atoms with Crippen LogP contribution < -0.4 is 0 Å². The van der Waals surface area contributed by atoms with Gasteiger partial charge in [-0.2, -0.15) is 0 Å². The van der Waals surface area contributed by atoms with Gasteiger partial charge in [-0.25, -0.2) is 9.59 Å². The van der Waals surface area contributed by atoms with Crippen molar-refractivity contribution in [1.29, 1.82) is 0 Å². The first-order chi connectivity index (χ1) is 11.6. The molecule has 1 amide bonds. The SMILES string of the molecule is CCCCOC(=O)N1CC(OCCCN2CCCC2)CC1C(=O)O. The predicted molar refractivity (Wildman–Crippen MR) is 89.0 cm³/mol. The predicted octanol–water partition coefficient (Wildman–Crippen LogP) is 1.95. The number of rotatable bonds is 9. The largest absolute Gasteiger partial charge is 0.480 e. The van der Waals surface area contributed by atoms with E-state index in [1.165, 1.54) is 30.8 Å². The maximum absolute atomic E-state index is 12.1. The Morgan fingerprint density at radius 2 is 1.92 bits per heavy atom. The number of likely N-dealkylation sites (tertiary alicyclic amines) is 2. The number of carboxylic acid groups (broad SMARTS) is 1. The lowest BCUT2D eigenvalue weighted by molar-refractivity contribution is -0.141. The Kier molecular flexibility index (Phi) is 7.78. The monoisotopic (exact) mass is 342 g/mol. The highest BCUT2D eigenvalue weighted by Crippen LogP contribution is 2.22. The summed E-state index contributed by atoms with van der Waals surface area (Å²) in [6, 6.07) is -0.845. The summed E-state index contributed by atoms with van der Waals surface area (Å²) in [5.74, 6) is -0.995. The fourth-order valence-corrected chi connectivity index (χ4v) is 3.29. The van der Waals surface area contributed by atoms with Gasteiger partial charge in [0.25, 0.3) is 0 Å². The van der Waals surface area contributed by atoms with Crippen LogP contribution in [0.25, 0.3) is 0 Å². The topological polar surface area (TPSA) is 79.3 Å². The third-order valence-electron chi connectivity index (χ3n) is 4.68. The molecule has 0 spiro atoms. The molecule has 0 radical (unpaired) electrons. The zero-order chi connectivity index (χ0) is 17.4. The van der Waals surface area contributed by atoms with E-state index >= 15 is 0 Å². The lowest BCUT2D eigenvalue weighted by atomic mass is 10.2. The van der Waals surface area contributed by atoms with Gasteiger partial charge in [0.1, 0.15) is 6.04 Å². The van der Waals surface area contributed by atoms with E-state index < -0.39 is 18.1 Å². The molecule has 0 aromatic rings. The molecule has 2 unspecified atom stereocenters. The Morgan fingerprint density at radius 1 is 1.17 bits per heavy atom. The van der Waals surface area contributed by atoms with Gasteiger partial charge in [0.2, 0.25) is 0 Å². The fraction of sp³-hybridized carbons (Fsp3) is 0.882. The van der Waals surface area contributed by atoms with Gasteiger partial charge in [0.05, 0.1) is 19.3 Å². The van der Waals surface area contributed by atoms with Crippen LogP contribution in [0.4, 0.5) is 4.79 Å². The molecule has 24 heavy (non-hydrogen) atoms. The van der Waals surface area contributed by atoms with E-state index in [4.69, 9.17) is 9.47 Å². The quantitative estimate of drug-likeness (QED) is 0.645. The van der Waals surface area contributed by atoms with E-state index in [0.29, 0.717) is 26.2 Å². The molecule has 2 aliphatic rings. The smallest absolute Gasteiger partial charge is 0.410 e. The second-order valence-electron chi connectivity index (χ2n) is 6.61. The number of unbranched alkanes of at least 4 members (excludes halogenated alkanes) is 1. The van der Waals surface area contributed by atoms with E-state index in [0.717, 1.165) is 25.8 Å². The van der Waals surface area contributed by atoms with Crippen LogP contribution in [-0.2, 0) is 14.3 Å². The minimum Gasteiger partial charge on any atom is -0.480 e. The molecule has 138 valence electrons. The second kappa shape index (κ2) is 9.84. The van der Waals surface area contributed by atoms with Gasteiger partial charge in [-0.3, -0.25) is 4.90 Å². The molecule has 2 heterocycles. The number of nitrogens with zero attached hydrogens (tertiary/aromatic N) is 2. The lowest BCUT2D eigenvalue weighted by Gasteiger charge is -2.20. The van der Waals surface area contributed by atoms with E-state index in [2.05, 4.69) is 4.90 Å². The number of carboxylic acids is 1. The third kappa shape index (κ3) is 5.63. The lowest BCUT2D eigenvalue weighted by Crippen LogP contribution is -2.41. The van der Waals surface area contributed by atoms with Crippen molar-refractivity contribution in [1.82, 2.24) is 9.80 Å². The van der Waals surface area contributed by atoms with Crippen molar-refractivity contribution in [3.63, 3.8) is 0 Å². The summed E-state index contributed by atoms with van der Waals surface area (Å²) in [6.07, 6.45) is 4.78. The number of aliphatic carboxylic acids is 1. The Morgan fingerprint density at radius 3 is 2.58 bits per heavy atom. The zero-order valence-electron chi connectivity index (χ0n) is 14.6. The Balaban J connectivity index is 1.71. The minimum absolute atomic E-state index is 0.219. The number of amides is 1. The van der Waals surface area contributed by atoms with E-state index in [-0.39, 0.29) is 6.10 Å². The first-order valence-corrected chi connectivity index (χ1v) is 9.12. The molecule has 2 rings (SSSR count). The average molecular weight is 342 g/mol. The van der Waals surface area contributed by atoms with Gasteiger partial charge < -0.3 is 19.5 Å². The normalized spacial score (nSPS) is 24.5. The summed E-state index contributed by atoms with van der Waals surface area (Å²) in [4.78, 5) is 27.2. The molecule has 7 heteroatoms. The molecule has 2 fully saturated rings. The van der Waals surface area contributed by atoms with Crippen LogP contribution in [-0.4, -0.2) is 78.5 Å². The van der Waals surface area contributed by atoms with Crippen molar-refractivity contribution in [3.05, 3.63) is 0 Å². The molecule has 2 aliphatic heterocycles. The first-order valence-electron chi connectivity index (χ1n) is 9.12. The summed E-state index contributed by atoms with van der Waals surface area (Å²) >= 11 is 0. The highest BCUT2D eigenvalue weighted by molar-refractivity contribution is 5.80. The van der Waals surface area contributed by atoms with E-state index in [1.807, 2.05) is 6.92 Å². The van der Waals surface area contributed by atoms with Crippen LogP contribution in [0.5, 0.6) is 0 Å². The van der Waals surface area contributed by atoms with Gasteiger partial charge in [-0.15, -0.1) is 0 Å². The zero-order valence-corrected chi connectivity index (χ0v) is 14.6. The van der Waals surface area contributed by atoms with Crippen LogP contribution in [0.15, 0.2) is 0 Å². The molecule has 1 N–H and O–H groups in total. The van der Waals surface area contributed by atoms with Gasteiger partial charge in [-0.05, 0) is 38.8 Å². The highest BCUT2D eigenvalue weighted by atomic mass is 16.6. The molecule has 2 atom stereocenters. The van der Waals surface area contributed by atoms with Crippen LogP contribution in [0.1, 0.15) is 45.4 Å². The Bertz CT molecular complexity index is 412. The number of ether oxygens (including phenoxy) is 2. The van der Waals surface area contributed by atoms with E-state index in [1.54, 1.807) is 0 Å². The first kappa shape index (κ1) is 19.0. The molecule has 2 saturated heterocycles. The van der Waals surface area contributed by atoms with Crippen LogP contribution in [0.2, 0.25) is 0 Å². The number of carbonyl (C=O) groups is 2. The molecule has 0 aromatic heterocycles. The van der Waals surface area contributed by atoms with Gasteiger partial charge in [0, 0.05) is 19.6 Å². The number of hydrogen-bond donors (Lipinski definition) is 1. The highest BCUT2D eigenvalue weighted by Gasteiger charge is 2.41. The number of carbonyl (C=O) groups excluding carboxylic acids is 1. The minimum atomic E-state index is -0.995. The molecule has 0 aliphatic carbocycles. The molecule has 0 aromatic carbocycles. The van der Waals surface area contributed by atoms with Crippen molar-refractivity contribution >= 4 is 12.1 Å². The van der Waals surface area contributed by atoms with Crippen LogP contribution >= 0.6 is 0 Å². The van der Waals surface area contributed by atoms with E-state index in [9.17, 15) is 14.7 Å². The summed E-state index contributed by atoms with van der Waals surface area (Å²) in [6.45, 7) is 6.61. The third-order valence-corrected chi connectivity index (χ3v) is 4.68. The average Bonchev–Trinajstić information content (AvgIpc) is 3.21. The molecular weight excluding hydrogens is 312 g/mol. The van der Waals surface area contributed by atoms with Crippen molar-refractivity contribution < 1.29 is 24.2 Å². The summed E-state index contributed by atoms with van der Waals surface area (Å²) in [5, 5.41) is 9.33. The maximum atomic E-state index is 12.1. The summed E-state index contributed by atoms with van der Waals surface area (Å²) in [5.41, 5.74) is 0. The standard InChI is InChI=1S/C17H30N2O5/c1-2-3-10-24-17(22)19-13-14(12-15(19)16(20)21)23-11-6-9-18-7-4-5-8-18/h14-15H,2-13H2,1H3,(H,20,21). The Labute approximate surface area is 143 Å². The van der Waals surface area contributed by atoms with Crippen LogP contribution in [0, 0.1) is 0 Å². The summed E-state index contributed by atoms with van der Waals surface area (Å²) < 4.78 is 11.0. The van der Waals surface area contributed by atoms with Gasteiger partial charge in [0.15, 0.2) is 0 Å². The van der Waals surface area contributed by atoms with Gasteiger partial charge in [-0.1, -0.05) is 13.3 Å². The van der Waals surface area contributed by atoms with Crippen molar-refractivity contribution in [3.8, 4) is 0 Å². The van der Waals surface area contributed by atoms with Crippen molar-refractivity contribution in [2.45, 2.75) is 57.6 Å². The molecule has 7 nitrogen and oxygen atoms in total. The van der Waals surface area contributed by atoms with Crippen LogP contribution in [0.3, 0.4) is 0 Å². The molecule has 0 bridgehead atoms. The Hall–Kier alpha value is -1.34. The molecule has 0 saturated carbocycles. The summed E-state index contributed by atoms with van der Waals surface area (Å²) in [7, 11) is 0. The van der Waals surface area contributed by atoms with Crippen molar-refractivity contribution in [2.75, 3.05) is 39.4 Å². The molecular formula is C17H30N2O5. The maximum Gasteiger partial charge on any atom is 0.410 e. The van der Waals surface area contributed by atoms with Gasteiger partial charge >= 0.3 is 12.1 Å².